The Kier molecular flexibility index (Phi) is 7.25. The number of nitrogens with zero attached hydrogens (tertiary/aromatic N) is 1. The molecule has 0 aromatic heterocycles. The number of nitrogens with one attached hydrogen (secondary N) is 3. The molecule has 3 aromatic rings. The fourth-order valence-electron chi connectivity index (χ4n) is 4.01. The summed E-state index contributed by atoms with van der Waals surface area (Å²) in [7, 11) is 0. The lowest BCUT2D eigenvalue weighted by Gasteiger charge is -2.33. The molecule has 1 aliphatic rings. The molecule has 33 heavy (non-hydrogen) atoms. The van der Waals surface area contributed by atoms with E-state index >= 15 is 0 Å². The van der Waals surface area contributed by atoms with Gasteiger partial charge in [-0.25, -0.2) is 4.79 Å². The molecule has 3 amide bonds. The summed E-state index contributed by atoms with van der Waals surface area (Å²) in [5.74, 6) is 0.541. The minimum atomic E-state index is -0.351. The summed E-state index contributed by atoms with van der Waals surface area (Å²) in [6, 6.07) is 24.3. The van der Waals surface area contributed by atoms with Crippen molar-refractivity contribution in [1.82, 2.24) is 5.32 Å². The summed E-state index contributed by atoms with van der Waals surface area (Å²) >= 11 is 0. The largest absolute Gasteiger partial charge is 0.371 e. The van der Waals surface area contributed by atoms with Gasteiger partial charge in [0.25, 0.3) is 5.91 Å². The molecule has 0 unspecified atom stereocenters. The Labute approximate surface area is 195 Å². The molecule has 1 fully saturated rings. The monoisotopic (exact) mass is 442 g/mol. The van der Waals surface area contributed by atoms with Gasteiger partial charge in [-0.1, -0.05) is 55.5 Å². The molecule has 0 saturated carbocycles. The summed E-state index contributed by atoms with van der Waals surface area (Å²) in [6.07, 6.45) is 2.20. The lowest BCUT2D eigenvalue weighted by Crippen LogP contribution is -2.35. The molecular formula is C27H30N4O2. The van der Waals surface area contributed by atoms with Crippen molar-refractivity contribution in [3.05, 3.63) is 90.0 Å². The molecule has 0 aliphatic carbocycles. The maximum absolute atomic E-state index is 13.2. The molecule has 0 atom stereocenters. The van der Waals surface area contributed by atoms with Gasteiger partial charge >= 0.3 is 6.03 Å². The van der Waals surface area contributed by atoms with Crippen molar-refractivity contribution in [1.29, 1.82) is 0 Å². The van der Waals surface area contributed by atoms with E-state index in [0.29, 0.717) is 29.4 Å². The van der Waals surface area contributed by atoms with Crippen molar-refractivity contribution in [2.75, 3.05) is 28.6 Å². The van der Waals surface area contributed by atoms with E-state index in [1.807, 2.05) is 72.8 Å². The quantitative estimate of drug-likeness (QED) is 0.472. The highest BCUT2D eigenvalue weighted by Gasteiger charge is 2.22. The third-order valence-corrected chi connectivity index (χ3v) is 5.95. The van der Waals surface area contributed by atoms with Gasteiger partial charge in [0.05, 0.1) is 5.56 Å². The first-order valence-corrected chi connectivity index (χ1v) is 11.4. The van der Waals surface area contributed by atoms with Crippen molar-refractivity contribution in [3.8, 4) is 0 Å². The summed E-state index contributed by atoms with van der Waals surface area (Å²) < 4.78 is 0. The van der Waals surface area contributed by atoms with Gasteiger partial charge < -0.3 is 20.9 Å². The van der Waals surface area contributed by atoms with Crippen molar-refractivity contribution in [3.63, 3.8) is 0 Å². The van der Waals surface area contributed by atoms with E-state index in [1.54, 1.807) is 6.07 Å². The summed E-state index contributed by atoms with van der Waals surface area (Å²) in [5, 5.41) is 8.69. The van der Waals surface area contributed by atoms with Gasteiger partial charge in [-0.3, -0.25) is 4.79 Å². The molecule has 4 rings (SSSR count). The maximum Gasteiger partial charge on any atom is 0.323 e. The van der Waals surface area contributed by atoms with Crippen molar-refractivity contribution in [2.45, 2.75) is 26.3 Å². The first-order valence-electron chi connectivity index (χ1n) is 11.4. The predicted molar refractivity (Wildman–Crippen MR) is 134 cm³/mol. The molecular weight excluding hydrogens is 412 g/mol. The predicted octanol–water partition coefficient (Wildman–Crippen LogP) is 5.50. The topological polar surface area (TPSA) is 73.5 Å². The van der Waals surface area contributed by atoms with Crippen LogP contribution in [0.1, 0.15) is 35.7 Å². The van der Waals surface area contributed by atoms with E-state index in [-0.39, 0.29) is 11.9 Å². The van der Waals surface area contributed by atoms with Crippen LogP contribution in [0.4, 0.5) is 21.9 Å². The fourth-order valence-corrected chi connectivity index (χ4v) is 4.01. The van der Waals surface area contributed by atoms with Gasteiger partial charge in [0.15, 0.2) is 0 Å². The number of piperidine rings is 1. The molecule has 3 N–H and O–H groups in total. The number of amides is 3. The van der Waals surface area contributed by atoms with E-state index < -0.39 is 0 Å². The molecule has 1 saturated heterocycles. The van der Waals surface area contributed by atoms with Crippen LogP contribution in [0.2, 0.25) is 0 Å². The normalized spacial score (nSPS) is 13.9. The molecule has 3 aromatic carbocycles. The Morgan fingerprint density at radius 2 is 1.48 bits per heavy atom. The smallest absolute Gasteiger partial charge is 0.323 e. The van der Waals surface area contributed by atoms with E-state index in [4.69, 9.17) is 0 Å². The summed E-state index contributed by atoms with van der Waals surface area (Å²) in [6.45, 7) is 4.55. The van der Waals surface area contributed by atoms with E-state index in [1.165, 1.54) is 0 Å². The Balaban J connectivity index is 1.52. The Morgan fingerprint density at radius 3 is 2.18 bits per heavy atom. The zero-order valence-corrected chi connectivity index (χ0v) is 18.9. The maximum atomic E-state index is 13.2. The highest BCUT2D eigenvalue weighted by atomic mass is 16.2. The van der Waals surface area contributed by atoms with Crippen LogP contribution in [0.15, 0.2) is 78.9 Å². The number of rotatable bonds is 6. The minimum Gasteiger partial charge on any atom is -0.371 e. The molecule has 0 bridgehead atoms. The molecule has 1 aliphatic heterocycles. The van der Waals surface area contributed by atoms with Crippen LogP contribution in [0.5, 0.6) is 0 Å². The number of para-hydroxylation sites is 1. The number of hydrogen-bond acceptors (Lipinski definition) is 3. The number of carbonyl (C=O) groups excluding carboxylic acids is 2. The average molecular weight is 443 g/mol. The van der Waals surface area contributed by atoms with Gasteiger partial charge in [-0.05, 0) is 54.7 Å². The summed E-state index contributed by atoms with van der Waals surface area (Å²) in [4.78, 5) is 27.9. The second-order valence-corrected chi connectivity index (χ2v) is 8.51. The zero-order valence-electron chi connectivity index (χ0n) is 18.9. The molecule has 170 valence electrons. The van der Waals surface area contributed by atoms with Crippen LogP contribution in [-0.2, 0) is 6.54 Å². The fraction of sp³-hybridized carbons (Fsp3) is 0.259. The second-order valence-electron chi connectivity index (χ2n) is 8.51. The Morgan fingerprint density at radius 1 is 0.848 bits per heavy atom. The van der Waals surface area contributed by atoms with E-state index in [2.05, 4.69) is 27.8 Å². The number of hydrogen-bond donors (Lipinski definition) is 3. The van der Waals surface area contributed by atoms with Crippen molar-refractivity contribution >= 4 is 29.0 Å². The standard InChI is InChI=1S/C27H30N4O2/c1-20-14-16-31(17-15-20)25-13-12-23(30-27(33)29-22-10-6-3-7-11-22)18-24(25)26(32)28-19-21-8-4-2-5-9-21/h2-13,18,20H,14-17,19H2,1H3,(H,28,32)(H2,29,30,33). The van der Waals surface area contributed by atoms with E-state index in [9.17, 15) is 9.59 Å². The Hall–Kier alpha value is -3.80. The number of urea groups is 1. The van der Waals surface area contributed by atoms with Crippen LogP contribution in [0.25, 0.3) is 0 Å². The SMILES string of the molecule is CC1CCN(c2ccc(NC(=O)Nc3ccccc3)cc2C(=O)NCc2ccccc2)CC1. The third-order valence-electron chi connectivity index (χ3n) is 5.95. The van der Waals surface area contributed by atoms with Gasteiger partial charge in [-0.15, -0.1) is 0 Å². The highest BCUT2D eigenvalue weighted by Crippen LogP contribution is 2.29. The highest BCUT2D eigenvalue weighted by molar-refractivity contribution is 6.04. The lowest BCUT2D eigenvalue weighted by atomic mass is 9.97. The number of carbonyl (C=O) groups is 2. The van der Waals surface area contributed by atoms with Crippen LogP contribution in [0.3, 0.4) is 0 Å². The van der Waals surface area contributed by atoms with Crippen molar-refractivity contribution in [2.24, 2.45) is 5.92 Å². The summed E-state index contributed by atoms with van der Waals surface area (Å²) in [5.41, 5.74) is 3.78. The average Bonchev–Trinajstić information content (AvgIpc) is 2.84. The first kappa shape index (κ1) is 22.4. The first-order chi connectivity index (χ1) is 16.1. The third kappa shape index (κ3) is 6.13. The van der Waals surface area contributed by atoms with Gasteiger partial charge in [-0.2, -0.15) is 0 Å². The molecule has 1 heterocycles. The lowest BCUT2D eigenvalue weighted by molar-refractivity contribution is 0.0951. The van der Waals surface area contributed by atoms with Crippen LogP contribution >= 0.6 is 0 Å². The van der Waals surface area contributed by atoms with Gasteiger partial charge in [0.2, 0.25) is 0 Å². The second kappa shape index (κ2) is 10.7. The van der Waals surface area contributed by atoms with E-state index in [0.717, 1.165) is 37.2 Å². The molecule has 6 heteroatoms. The molecule has 0 spiro atoms. The number of anilines is 3. The van der Waals surface area contributed by atoms with Crippen LogP contribution < -0.4 is 20.9 Å². The van der Waals surface area contributed by atoms with Gasteiger partial charge in [0.1, 0.15) is 0 Å². The van der Waals surface area contributed by atoms with Gasteiger partial charge in [0, 0.05) is 36.7 Å². The molecule has 0 radical (unpaired) electrons. The minimum absolute atomic E-state index is 0.153. The Bertz CT molecular complexity index is 1080. The van der Waals surface area contributed by atoms with Crippen LogP contribution in [0, 0.1) is 5.92 Å². The molecule has 6 nitrogen and oxygen atoms in total. The van der Waals surface area contributed by atoms with Crippen LogP contribution in [-0.4, -0.2) is 25.0 Å². The zero-order chi connectivity index (χ0) is 23.0. The number of benzene rings is 3. The van der Waals surface area contributed by atoms with Crippen molar-refractivity contribution < 1.29 is 9.59 Å².